The van der Waals surface area contributed by atoms with Gasteiger partial charge in [-0.1, -0.05) is 191 Å². The molecule has 0 saturated heterocycles. The molecule has 2 aliphatic rings. The first-order valence-corrected chi connectivity index (χ1v) is 25.8. The van der Waals surface area contributed by atoms with Crippen molar-refractivity contribution in [1.29, 1.82) is 0 Å². The van der Waals surface area contributed by atoms with Gasteiger partial charge >= 0.3 is 0 Å². The Balaban J connectivity index is 1.10. The lowest BCUT2D eigenvalue weighted by Crippen LogP contribution is -2.18. The second-order valence-corrected chi connectivity index (χ2v) is 23.8. The van der Waals surface area contributed by atoms with E-state index in [0.29, 0.717) is 0 Å². The van der Waals surface area contributed by atoms with Crippen LogP contribution in [0.25, 0.3) is 54.9 Å². The summed E-state index contributed by atoms with van der Waals surface area (Å²) in [5.41, 5.74) is 24.3. The summed E-state index contributed by atoms with van der Waals surface area (Å²) in [6.45, 7) is 36.1. The van der Waals surface area contributed by atoms with Gasteiger partial charge in [0.25, 0.3) is 0 Å². The number of allylic oxidation sites excluding steroid dienone is 2. The Hall–Kier alpha value is -7.42. The smallest absolute Gasteiger partial charge is 0.0543 e. The Morgan fingerprint density at radius 2 is 0.667 bits per heavy atom. The number of fused-ring (bicyclic) bond motifs is 10. The number of hydrogen-bond acceptors (Lipinski definition) is 2. The van der Waals surface area contributed by atoms with Crippen molar-refractivity contribution in [1.82, 2.24) is 0 Å². The third-order valence-corrected chi connectivity index (χ3v) is 16.1. The molecule has 0 aromatic heterocycles. The molecule has 2 nitrogen and oxygen atoms in total. The zero-order chi connectivity index (χ0) is 50.8. The second-order valence-electron chi connectivity index (χ2n) is 23.8. The van der Waals surface area contributed by atoms with Gasteiger partial charge in [-0.15, -0.1) is 0 Å². The van der Waals surface area contributed by atoms with Gasteiger partial charge in [-0.25, -0.2) is 0 Å². The average molecular weight is 937 g/mol. The van der Waals surface area contributed by atoms with Crippen LogP contribution in [-0.4, -0.2) is 0 Å². The van der Waals surface area contributed by atoms with Crippen LogP contribution in [0.1, 0.15) is 128 Å². The molecule has 358 valence electrons. The molecule has 9 aromatic rings. The van der Waals surface area contributed by atoms with E-state index in [0.717, 1.165) is 45.0 Å². The lowest BCUT2D eigenvalue weighted by molar-refractivity contribution is 0.590. The zero-order valence-corrected chi connectivity index (χ0v) is 44.5. The molecular weight excluding hydrogens is 869 g/mol. The molecule has 0 N–H and O–H groups in total. The Labute approximate surface area is 429 Å². The van der Waals surface area contributed by atoms with E-state index < -0.39 is 0 Å². The molecule has 0 spiro atoms. The summed E-state index contributed by atoms with van der Waals surface area (Å²) in [5, 5.41) is 5.01. The lowest BCUT2D eigenvalue weighted by atomic mass is 9.79. The van der Waals surface area contributed by atoms with E-state index in [4.69, 9.17) is 0 Å². The van der Waals surface area contributed by atoms with Gasteiger partial charge in [0.05, 0.1) is 11.4 Å². The Morgan fingerprint density at radius 3 is 0.958 bits per heavy atom. The maximum absolute atomic E-state index is 4.24. The molecule has 0 atom stereocenters. The van der Waals surface area contributed by atoms with Gasteiger partial charge in [0, 0.05) is 44.4 Å². The standard InChI is InChI=1S/C70H68N2/c1-43(2)45-23-31-49(32-24-45)71(50-33-25-46(26-34-50)44(3)4)63-41-61-65(55-21-17-15-19-53(55)63)57-39-60-58(40-59(57)69(61,11)12)66-56-22-18-16-20-54(56)64(42-62(66)70(60,13)14)72(51-35-27-47(28-36-51)67(5,6)7)52-37-29-48(30-38-52)68(8,9)10/h15-42H,1,3H2,2,4-14H3. The lowest BCUT2D eigenvalue weighted by Gasteiger charge is -2.31. The van der Waals surface area contributed by atoms with E-state index in [1.165, 1.54) is 88.6 Å². The van der Waals surface area contributed by atoms with E-state index in [9.17, 15) is 0 Å². The third kappa shape index (κ3) is 7.44. The van der Waals surface area contributed by atoms with Gasteiger partial charge in [0.2, 0.25) is 0 Å². The van der Waals surface area contributed by atoms with Gasteiger partial charge < -0.3 is 9.80 Å². The molecule has 0 aliphatic heterocycles. The number of benzene rings is 9. The molecular formula is C70H68N2. The van der Waals surface area contributed by atoms with E-state index in [-0.39, 0.29) is 21.7 Å². The Kier molecular flexibility index (Phi) is 10.8. The number of anilines is 6. The van der Waals surface area contributed by atoms with Gasteiger partial charge in [-0.05, 0) is 175 Å². The fourth-order valence-corrected chi connectivity index (χ4v) is 11.9. The summed E-state index contributed by atoms with van der Waals surface area (Å²) in [4.78, 5) is 4.94. The first kappa shape index (κ1) is 46.9. The van der Waals surface area contributed by atoms with Crippen molar-refractivity contribution in [3.63, 3.8) is 0 Å². The predicted molar refractivity (Wildman–Crippen MR) is 313 cm³/mol. The highest BCUT2D eigenvalue weighted by atomic mass is 15.1. The molecule has 0 heterocycles. The molecule has 0 unspecified atom stereocenters. The number of nitrogens with zero attached hydrogens (tertiary/aromatic N) is 2. The summed E-state index contributed by atoms with van der Waals surface area (Å²) >= 11 is 0. The highest BCUT2D eigenvalue weighted by Gasteiger charge is 2.44. The summed E-state index contributed by atoms with van der Waals surface area (Å²) in [5.74, 6) is 0. The molecule has 11 rings (SSSR count). The molecule has 0 fully saturated rings. The maximum atomic E-state index is 4.24. The van der Waals surface area contributed by atoms with Crippen LogP contribution in [0, 0.1) is 0 Å². The molecule has 0 bridgehead atoms. The maximum Gasteiger partial charge on any atom is 0.0543 e. The molecule has 9 aromatic carbocycles. The molecule has 2 heteroatoms. The van der Waals surface area contributed by atoms with Crippen molar-refractivity contribution in [3.8, 4) is 22.3 Å². The quantitative estimate of drug-likeness (QED) is 0.150. The third-order valence-electron chi connectivity index (χ3n) is 16.1. The van der Waals surface area contributed by atoms with Crippen LogP contribution < -0.4 is 9.80 Å². The minimum atomic E-state index is -0.296. The van der Waals surface area contributed by atoms with Crippen LogP contribution in [-0.2, 0) is 21.7 Å². The van der Waals surface area contributed by atoms with E-state index >= 15 is 0 Å². The fourth-order valence-electron chi connectivity index (χ4n) is 11.9. The highest BCUT2D eigenvalue weighted by molar-refractivity contribution is 6.13. The largest absolute Gasteiger partial charge is 0.310 e. The van der Waals surface area contributed by atoms with E-state index in [2.05, 4.69) is 276 Å². The van der Waals surface area contributed by atoms with Crippen LogP contribution in [0.2, 0.25) is 0 Å². The minimum absolute atomic E-state index is 0.0491. The van der Waals surface area contributed by atoms with Crippen molar-refractivity contribution in [2.24, 2.45) is 0 Å². The monoisotopic (exact) mass is 937 g/mol. The van der Waals surface area contributed by atoms with Gasteiger partial charge in [-0.3, -0.25) is 0 Å². The molecule has 0 radical (unpaired) electrons. The van der Waals surface area contributed by atoms with Crippen molar-refractivity contribution in [2.75, 3.05) is 9.80 Å². The van der Waals surface area contributed by atoms with Gasteiger partial charge in [0.15, 0.2) is 0 Å². The first-order chi connectivity index (χ1) is 34.1. The number of hydrogen-bond donors (Lipinski definition) is 0. The number of rotatable bonds is 8. The summed E-state index contributed by atoms with van der Waals surface area (Å²) in [6.07, 6.45) is 0. The van der Waals surface area contributed by atoms with E-state index in [1.807, 2.05) is 0 Å². The molecule has 2 aliphatic carbocycles. The first-order valence-electron chi connectivity index (χ1n) is 25.8. The molecule has 0 amide bonds. The van der Waals surface area contributed by atoms with Crippen LogP contribution in [0.4, 0.5) is 34.1 Å². The normalized spacial score (nSPS) is 14.2. The predicted octanol–water partition coefficient (Wildman–Crippen LogP) is 20.2. The molecule has 72 heavy (non-hydrogen) atoms. The Morgan fingerprint density at radius 1 is 0.375 bits per heavy atom. The summed E-state index contributed by atoms with van der Waals surface area (Å²) < 4.78 is 0. The van der Waals surface area contributed by atoms with Crippen molar-refractivity contribution < 1.29 is 0 Å². The van der Waals surface area contributed by atoms with E-state index in [1.54, 1.807) is 0 Å². The van der Waals surface area contributed by atoms with Crippen LogP contribution in [0.5, 0.6) is 0 Å². The van der Waals surface area contributed by atoms with Crippen molar-refractivity contribution in [2.45, 2.75) is 105 Å². The highest BCUT2D eigenvalue weighted by Crippen LogP contribution is 2.61. The van der Waals surface area contributed by atoms with Crippen molar-refractivity contribution in [3.05, 3.63) is 228 Å². The van der Waals surface area contributed by atoms with Crippen LogP contribution in [0.15, 0.2) is 183 Å². The van der Waals surface area contributed by atoms with Gasteiger partial charge in [0.1, 0.15) is 0 Å². The Bertz CT molecular complexity index is 3550. The summed E-state index contributed by atoms with van der Waals surface area (Å²) in [6, 6.07) is 64.7. The van der Waals surface area contributed by atoms with Crippen LogP contribution in [0.3, 0.4) is 0 Å². The average Bonchev–Trinajstić information content (AvgIpc) is 3.72. The second kappa shape index (κ2) is 16.6. The van der Waals surface area contributed by atoms with Gasteiger partial charge in [-0.2, -0.15) is 0 Å². The topological polar surface area (TPSA) is 6.48 Å². The summed E-state index contributed by atoms with van der Waals surface area (Å²) in [7, 11) is 0. The minimum Gasteiger partial charge on any atom is -0.310 e. The van der Waals surface area contributed by atoms with Crippen molar-refractivity contribution >= 4 is 66.8 Å². The fraction of sp³-hybridized carbons (Fsp3) is 0.229. The SMILES string of the molecule is C=C(C)c1ccc(N(c2ccc(C(=C)C)cc2)c2cc3c(c4ccccc24)-c2cc4c(cc2C3(C)C)-c2c(cc(N(c3ccc(C(C)(C)C)cc3)c3ccc(C(C)(C)C)cc3)c3ccccc23)C4(C)C)cc1. The zero-order valence-electron chi connectivity index (χ0n) is 44.5. The van der Waals surface area contributed by atoms with Crippen LogP contribution >= 0.6 is 0 Å². The molecule has 0 saturated carbocycles.